The molecule has 0 saturated heterocycles. The van der Waals surface area contributed by atoms with Gasteiger partial charge in [-0.2, -0.15) is 10.4 Å². The van der Waals surface area contributed by atoms with Crippen molar-refractivity contribution in [3.63, 3.8) is 0 Å². The number of aliphatic hydroxyl groups excluding tert-OH is 1. The van der Waals surface area contributed by atoms with E-state index in [4.69, 9.17) is 0 Å². The molecule has 0 bridgehead atoms. The van der Waals surface area contributed by atoms with Crippen LogP contribution >= 0.6 is 0 Å². The summed E-state index contributed by atoms with van der Waals surface area (Å²) in [6.07, 6.45) is 0. The minimum Gasteiger partial charge on any atom is -0.493 e. The van der Waals surface area contributed by atoms with Crippen LogP contribution in [0.3, 0.4) is 0 Å². The fourth-order valence-electron chi connectivity index (χ4n) is 2.65. The van der Waals surface area contributed by atoms with Crippen LogP contribution in [0.1, 0.15) is 16.7 Å². The van der Waals surface area contributed by atoms with Gasteiger partial charge < -0.3 is 10.2 Å². The number of nitrogens with zero attached hydrogens (tertiary/aromatic N) is 4. The summed E-state index contributed by atoms with van der Waals surface area (Å²) < 4.78 is 1.03. The summed E-state index contributed by atoms with van der Waals surface area (Å²) >= 11 is 0. The van der Waals surface area contributed by atoms with E-state index >= 15 is 0 Å². The molecule has 0 spiro atoms. The molecule has 134 valence electrons. The lowest BCUT2D eigenvalue weighted by Crippen LogP contribution is -2.20. The summed E-state index contributed by atoms with van der Waals surface area (Å²) in [6.45, 7) is 1.40. The summed E-state index contributed by atoms with van der Waals surface area (Å²) in [6, 6.07) is 17.2. The van der Waals surface area contributed by atoms with E-state index in [1.54, 1.807) is 54.6 Å². The van der Waals surface area contributed by atoms with Crippen molar-refractivity contribution in [3.8, 4) is 17.6 Å². The highest BCUT2D eigenvalue weighted by Crippen LogP contribution is 2.28. The average molecular weight is 360 g/mol. The maximum Gasteiger partial charge on any atom is 0.286 e. The first-order chi connectivity index (χ1) is 13.1. The Morgan fingerprint density at radius 1 is 1.11 bits per heavy atom. The molecule has 0 saturated carbocycles. The standard InChI is InChI=1S/C20H16N4O3/c1-13-17(11-21)19(26)24(16-8-3-2-4-9-16)20(27)18(13)23-22-15-7-5-6-14(10-15)12-25/h2-10,25-26H,12H2,1H3. The van der Waals surface area contributed by atoms with Gasteiger partial charge in [0.1, 0.15) is 11.6 Å². The lowest BCUT2D eigenvalue weighted by molar-refractivity contribution is 0.282. The van der Waals surface area contributed by atoms with E-state index in [2.05, 4.69) is 10.2 Å². The zero-order valence-electron chi connectivity index (χ0n) is 14.5. The van der Waals surface area contributed by atoms with Gasteiger partial charge in [0.25, 0.3) is 5.56 Å². The molecule has 0 atom stereocenters. The van der Waals surface area contributed by atoms with Crippen molar-refractivity contribution in [3.05, 3.63) is 81.6 Å². The van der Waals surface area contributed by atoms with Crippen molar-refractivity contribution in [1.82, 2.24) is 4.57 Å². The van der Waals surface area contributed by atoms with Crippen LogP contribution in [0.15, 0.2) is 69.6 Å². The number of aromatic nitrogens is 1. The van der Waals surface area contributed by atoms with Gasteiger partial charge in [-0.1, -0.05) is 30.3 Å². The third-order valence-electron chi connectivity index (χ3n) is 4.06. The number of rotatable bonds is 4. The van der Waals surface area contributed by atoms with Crippen LogP contribution < -0.4 is 5.56 Å². The summed E-state index contributed by atoms with van der Waals surface area (Å²) in [5, 5.41) is 37.1. The fourth-order valence-corrected chi connectivity index (χ4v) is 2.65. The number of aliphatic hydroxyl groups is 1. The predicted molar refractivity (Wildman–Crippen MR) is 99.7 cm³/mol. The molecule has 7 nitrogen and oxygen atoms in total. The zero-order valence-corrected chi connectivity index (χ0v) is 14.5. The van der Waals surface area contributed by atoms with Gasteiger partial charge in [0, 0.05) is 5.56 Å². The third-order valence-corrected chi connectivity index (χ3v) is 4.06. The second kappa shape index (κ2) is 7.64. The first kappa shape index (κ1) is 18.0. The van der Waals surface area contributed by atoms with Gasteiger partial charge in [-0.15, -0.1) is 5.11 Å². The number of pyridine rings is 1. The molecule has 3 aromatic rings. The van der Waals surface area contributed by atoms with E-state index in [0.717, 1.165) is 4.57 Å². The summed E-state index contributed by atoms with van der Waals surface area (Å²) in [5.41, 5.74) is 1.10. The van der Waals surface area contributed by atoms with Gasteiger partial charge in [0.15, 0.2) is 5.69 Å². The van der Waals surface area contributed by atoms with Gasteiger partial charge in [-0.05, 0) is 36.8 Å². The number of para-hydroxylation sites is 1. The van der Waals surface area contributed by atoms with Gasteiger partial charge in [-0.3, -0.25) is 4.79 Å². The molecule has 0 radical (unpaired) electrons. The zero-order chi connectivity index (χ0) is 19.4. The smallest absolute Gasteiger partial charge is 0.286 e. The Bertz CT molecular complexity index is 1110. The SMILES string of the molecule is Cc1c(C#N)c(O)n(-c2ccccc2)c(=O)c1N=Nc1cccc(CO)c1. The summed E-state index contributed by atoms with van der Waals surface area (Å²) in [5.74, 6) is -0.438. The van der Waals surface area contributed by atoms with Crippen LogP contribution in [0.2, 0.25) is 0 Å². The van der Waals surface area contributed by atoms with Crippen molar-refractivity contribution in [1.29, 1.82) is 5.26 Å². The monoisotopic (exact) mass is 360 g/mol. The number of hydrogen-bond donors (Lipinski definition) is 2. The Labute approximate surface area is 155 Å². The lowest BCUT2D eigenvalue weighted by Gasteiger charge is -2.12. The highest BCUT2D eigenvalue weighted by molar-refractivity contribution is 5.59. The van der Waals surface area contributed by atoms with E-state index < -0.39 is 11.4 Å². The van der Waals surface area contributed by atoms with Gasteiger partial charge >= 0.3 is 0 Å². The number of hydrogen-bond acceptors (Lipinski definition) is 6. The Balaban J connectivity index is 2.20. The van der Waals surface area contributed by atoms with Crippen molar-refractivity contribution in [2.45, 2.75) is 13.5 Å². The molecule has 2 N–H and O–H groups in total. The Morgan fingerprint density at radius 3 is 2.52 bits per heavy atom. The predicted octanol–water partition coefficient (Wildman–Crippen LogP) is 3.63. The molecule has 1 aromatic heterocycles. The molecule has 7 heteroatoms. The second-order valence-electron chi connectivity index (χ2n) is 5.79. The maximum atomic E-state index is 12.9. The topological polar surface area (TPSA) is 111 Å². The van der Waals surface area contributed by atoms with Crippen molar-refractivity contribution >= 4 is 11.4 Å². The summed E-state index contributed by atoms with van der Waals surface area (Å²) in [7, 11) is 0. The minimum absolute atomic E-state index is 0.0393. The molecular formula is C20H16N4O3. The molecule has 3 rings (SSSR count). The van der Waals surface area contributed by atoms with Crippen molar-refractivity contribution < 1.29 is 10.2 Å². The van der Waals surface area contributed by atoms with E-state index in [1.807, 2.05) is 6.07 Å². The van der Waals surface area contributed by atoms with Crippen molar-refractivity contribution in [2.75, 3.05) is 0 Å². The molecule has 0 fully saturated rings. The van der Waals surface area contributed by atoms with Crippen LogP contribution in [0.5, 0.6) is 5.88 Å². The third kappa shape index (κ3) is 3.47. The molecular weight excluding hydrogens is 344 g/mol. The molecule has 0 aliphatic heterocycles. The number of nitriles is 1. The van der Waals surface area contributed by atoms with E-state index in [0.29, 0.717) is 16.9 Å². The largest absolute Gasteiger partial charge is 0.493 e. The van der Waals surface area contributed by atoms with Crippen LogP contribution in [0.25, 0.3) is 5.69 Å². The van der Waals surface area contributed by atoms with Crippen LogP contribution in [-0.4, -0.2) is 14.8 Å². The van der Waals surface area contributed by atoms with Gasteiger partial charge in [0.05, 0.1) is 18.0 Å². The quantitative estimate of drug-likeness (QED) is 0.692. The maximum absolute atomic E-state index is 12.9. The molecule has 2 aromatic carbocycles. The molecule has 0 unspecified atom stereocenters. The number of benzene rings is 2. The molecule has 0 aliphatic carbocycles. The minimum atomic E-state index is -0.586. The normalized spacial score (nSPS) is 10.9. The Hall–Kier alpha value is -3.76. The van der Waals surface area contributed by atoms with Gasteiger partial charge in [0.2, 0.25) is 5.88 Å². The van der Waals surface area contributed by atoms with Crippen LogP contribution in [0, 0.1) is 18.3 Å². The average Bonchev–Trinajstić information content (AvgIpc) is 2.69. The van der Waals surface area contributed by atoms with Crippen LogP contribution in [-0.2, 0) is 6.61 Å². The molecule has 0 aliphatic rings. The number of aromatic hydroxyl groups is 1. The van der Waals surface area contributed by atoms with E-state index in [9.17, 15) is 20.3 Å². The second-order valence-corrected chi connectivity index (χ2v) is 5.79. The fraction of sp³-hybridized carbons (Fsp3) is 0.100. The lowest BCUT2D eigenvalue weighted by atomic mass is 10.1. The molecule has 1 heterocycles. The first-order valence-electron chi connectivity index (χ1n) is 8.12. The highest BCUT2D eigenvalue weighted by atomic mass is 16.3. The first-order valence-corrected chi connectivity index (χ1v) is 8.12. The van der Waals surface area contributed by atoms with Crippen molar-refractivity contribution in [2.24, 2.45) is 10.2 Å². The summed E-state index contributed by atoms with van der Waals surface area (Å²) in [4.78, 5) is 12.9. The highest BCUT2D eigenvalue weighted by Gasteiger charge is 2.20. The van der Waals surface area contributed by atoms with E-state index in [1.165, 1.54) is 6.92 Å². The molecule has 27 heavy (non-hydrogen) atoms. The van der Waals surface area contributed by atoms with Crippen LogP contribution in [0.4, 0.5) is 11.4 Å². The van der Waals surface area contributed by atoms with E-state index in [-0.39, 0.29) is 23.4 Å². The number of azo groups is 1. The Morgan fingerprint density at radius 2 is 1.85 bits per heavy atom. The van der Waals surface area contributed by atoms with Gasteiger partial charge in [-0.25, -0.2) is 4.57 Å². The molecule has 0 amide bonds. The Kier molecular flexibility index (Phi) is 5.11.